The van der Waals surface area contributed by atoms with Crippen LogP contribution in [0.15, 0.2) is 71.0 Å². The van der Waals surface area contributed by atoms with E-state index in [0.717, 1.165) is 9.79 Å². The van der Waals surface area contributed by atoms with E-state index < -0.39 is 0 Å². The summed E-state index contributed by atoms with van der Waals surface area (Å²) in [6.45, 7) is 4.09. The second-order valence-corrected chi connectivity index (χ2v) is 8.20. The lowest BCUT2D eigenvalue weighted by molar-refractivity contribution is 0.102. The zero-order valence-corrected chi connectivity index (χ0v) is 18.6. The molecule has 3 aromatic heterocycles. The van der Waals surface area contributed by atoms with Crippen molar-refractivity contribution in [3.8, 4) is 17.5 Å². The standard InChI is InChI=1S/C22H21N7O2S/c1-14(2)29-13-25-28-20(29)18-8-5-9-19(26-18)27-21(30)15-6-4-7-16(10-15)32-17-11-23-22(31-3)24-12-17/h4-14H,1-3H3,(H,26,27,30). The van der Waals surface area contributed by atoms with Crippen LogP contribution in [0, 0.1) is 0 Å². The molecule has 9 nitrogen and oxygen atoms in total. The molecule has 0 aliphatic rings. The van der Waals surface area contributed by atoms with E-state index in [9.17, 15) is 4.79 Å². The third-order valence-electron chi connectivity index (χ3n) is 4.47. The number of methoxy groups -OCH3 is 1. The van der Waals surface area contributed by atoms with Gasteiger partial charge in [0.1, 0.15) is 17.8 Å². The quantitative estimate of drug-likeness (QED) is 0.451. The number of hydrogen-bond acceptors (Lipinski definition) is 8. The van der Waals surface area contributed by atoms with Crippen LogP contribution in [0.2, 0.25) is 0 Å². The third-order valence-corrected chi connectivity index (χ3v) is 5.40. The Balaban J connectivity index is 1.49. The van der Waals surface area contributed by atoms with Crippen LogP contribution in [-0.2, 0) is 0 Å². The first-order valence-corrected chi connectivity index (χ1v) is 10.7. The summed E-state index contributed by atoms with van der Waals surface area (Å²) in [7, 11) is 1.52. The van der Waals surface area contributed by atoms with Gasteiger partial charge in [0, 0.05) is 33.8 Å². The van der Waals surface area contributed by atoms with Gasteiger partial charge >= 0.3 is 6.01 Å². The van der Waals surface area contributed by atoms with Gasteiger partial charge in [-0.25, -0.2) is 15.0 Å². The normalized spacial score (nSPS) is 10.9. The molecule has 0 spiro atoms. The summed E-state index contributed by atoms with van der Waals surface area (Å²) in [5.74, 6) is 0.831. The predicted molar refractivity (Wildman–Crippen MR) is 121 cm³/mol. The maximum absolute atomic E-state index is 12.8. The van der Waals surface area contributed by atoms with Crippen molar-refractivity contribution in [1.82, 2.24) is 29.7 Å². The van der Waals surface area contributed by atoms with E-state index in [4.69, 9.17) is 4.74 Å². The fraction of sp³-hybridized carbons (Fsp3) is 0.182. The Labute approximate surface area is 189 Å². The molecule has 4 aromatic rings. The minimum Gasteiger partial charge on any atom is -0.467 e. The number of carbonyl (C=O) groups excluding carboxylic acids is 1. The van der Waals surface area contributed by atoms with Crippen molar-refractivity contribution in [2.75, 3.05) is 12.4 Å². The van der Waals surface area contributed by atoms with Crippen LogP contribution in [0.5, 0.6) is 6.01 Å². The number of amides is 1. The molecule has 0 aliphatic carbocycles. The number of nitrogens with one attached hydrogen (secondary N) is 1. The zero-order valence-electron chi connectivity index (χ0n) is 17.8. The monoisotopic (exact) mass is 447 g/mol. The van der Waals surface area contributed by atoms with E-state index in [0.29, 0.717) is 28.9 Å². The van der Waals surface area contributed by atoms with Crippen molar-refractivity contribution in [2.45, 2.75) is 29.7 Å². The van der Waals surface area contributed by atoms with Gasteiger partial charge in [0.25, 0.3) is 5.91 Å². The topological polar surface area (TPSA) is 108 Å². The average Bonchev–Trinajstić information content (AvgIpc) is 3.30. The van der Waals surface area contributed by atoms with Crippen molar-refractivity contribution < 1.29 is 9.53 Å². The van der Waals surface area contributed by atoms with Crippen molar-refractivity contribution >= 4 is 23.5 Å². The van der Waals surface area contributed by atoms with E-state index >= 15 is 0 Å². The lowest BCUT2D eigenvalue weighted by atomic mass is 10.2. The minimum absolute atomic E-state index is 0.191. The number of carbonyl (C=O) groups is 1. The van der Waals surface area contributed by atoms with Crippen LogP contribution in [-0.4, -0.2) is 42.7 Å². The molecule has 0 aliphatic heterocycles. The molecule has 0 unspecified atom stereocenters. The summed E-state index contributed by atoms with van der Waals surface area (Å²) in [6, 6.07) is 13.2. The van der Waals surface area contributed by atoms with Gasteiger partial charge in [-0.1, -0.05) is 23.9 Å². The number of aromatic nitrogens is 6. The average molecular weight is 448 g/mol. The first-order valence-electron chi connectivity index (χ1n) is 9.85. The summed E-state index contributed by atoms with van der Waals surface area (Å²) in [4.78, 5) is 27.3. The Hall–Kier alpha value is -3.79. The molecule has 0 saturated heterocycles. The number of rotatable bonds is 7. The van der Waals surface area contributed by atoms with Crippen LogP contribution in [0.1, 0.15) is 30.2 Å². The Kier molecular flexibility index (Phi) is 6.41. The van der Waals surface area contributed by atoms with E-state index in [1.54, 1.807) is 30.9 Å². The molecule has 1 aromatic carbocycles. The molecule has 10 heteroatoms. The van der Waals surface area contributed by atoms with Gasteiger partial charge < -0.3 is 14.6 Å². The van der Waals surface area contributed by atoms with Crippen molar-refractivity contribution in [3.05, 3.63) is 66.7 Å². The molecule has 0 radical (unpaired) electrons. The number of ether oxygens (including phenoxy) is 1. The third kappa shape index (κ3) is 4.92. The lowest BCUT2D eigenvalue weighted by Gasteiger charge is -2.11. The Bertz CT molecular complexity index is 1220. The molecule has 0 saturated carbocycles. The number of nitrogens with zero attached hydrogens (tertiary/aromatic N) is 6. The predicted octanol–water partition coefficient (Wildman–Crippen LogP) is 4.12. The smallest absolute Gasteiger partial charge is 0.316 e. The van der Waals surface area contributed by atoms with Gasteiger partial charge in [0.2, 0.25) is 0 Å². The first-order chi connectivity index (χ1) is 15.5. The summed E-state index contributed by atoms with van der Waals surface area (Å²) in [5, 5.41) is 11.0. The molecule has 32 heavy (non-hydrogen) atoms. The molecule has 0 atom stereocenters. The lowest BCUT2D eigenvalue weighted by Crippen LogP contribution is -2.13. The number of benzene rings is 1. The summed E-state index contributed by atoms with van der Waals surface area (Å²) < 4.78 is 6.91. The number of hydrogen-bond donors (Lipinski definition) is 1. The zero-order chi connectivity index (χ0) is 22.5. The molecule has 1 amide bonds. The summed E-state index contributed by atoms with van der Waals surface area (Å²) in [5.41, 5.74) is 1.15. The van der Waals surface area contributed by atoms with Gasteiger partial charge in [0.05, 0.1) is 7.11 Å². The van der Waals surface area contributed by atoms with Gasteiger partial charge in [0.15, 0.2) is 5.82 Å². The largest absolute Gasteiger partial charge is 0.467 e. The second kappa shape index (κ2) is 9.56. The molecule has 0 bridgehead atoms. The molecular weight excluding hydrogens is 426 g/mol. The van der Waals surface area contributed by atoms with Crippen LogP contribution in [0.25, 0.3) is 11.5 Å². The van der Waals surface area contributed by atoms with Crippen molar-refractivity contribution in [2.24, 2.45) is 0 Å². The first kappa shape index (κ1) is 21.4. The van der Waals surface area contributed by atoms with Gasteiger partial charge in [-0.3, -0.25) is 4.79 Å². The maximum atomic E-state index is 12.8. The van der Waals surface area contributed by atoms with Crippen LogP contribution >= 0.6 is 11.8 Å². The molecule has 3 heterocycles. The van der Waals surface area contributed by atoms with E-state index in [1.807, 2.05) is 48.7 Å². The summed E-state index contributed by atoms with van der Waals surface area (Å²) in [6.07, 6.45) is 5.02. The van der Waals surface area contributed by atoms with E-state index in [-0.39, 0.29) is 11.9 Å². The molecule has 162 valence electrons. The highest BCUT2D eigenvalue weighted by atomic mass is 32.2. The van der Waals surface area contributed by atoms with E-state index in [2.05, 4.69) is 30.5 Å². The van der Waals surface area contributed by atoms with Gasteiger partial charge in [-0.15, -0.1) is 10.2 Å². The SMILES string of the molecule is COc1ncc(Sc2cccc(C(=O)Nc3cccc(-c4nncn4C(C)C)n3)c2)cn1. The second-order valence-electron chi connectivity index (χ2n) is 7.05. The Morgan fingerprint density at radius 2 is 1.88 bits per heavy atom. The van der Waals surface area contributed by atoms with Gasteiger partial charge in [-0.2, -0.15) is 0 Å². The summed E-state index contributed by atoms with van der Waals surface area (Å²) >= 11 is 1.46. The number of pyridine rings is 1. The highest BCUT2D eigenvalue weighted by Gasteiger charge is 2.13. The fourth-order valence-electron chi connectivity index (χ4n) is 2.92. The van der Waals surface area contributed by atoms with E-state index in [1.165, 1.54) is 18.9 Å². The Morgan fingerprint density at radius 1 is 1.09 bits per heavy atom. The van der Waals surface area contributed by atoms with Crippen LogP contribution < -0.4 is 10.1 Å². The van der Waals surface area contributed by atoms with Gasteiger partial charge in [-0.05, 0) is 44.2 Å². The fourth-order valence-corrected chi connectivity index (χ4v) is 3.74. The molecular formula is C22H21N7O2S. The van der Waals surface area contributed by atoms with Crippen molar-refractivity contribution in [1.29, 1.82) is 0 Å². The minimum atomic E-state index is -0.256. The van der Waals surface area contributed by atoms with Crippen LogP contribution in [0.4, 0.5) is 5.82 Å². The van der Waals surface area contributed by atoms with Crippen molar-refractivity contribution in [3.63, 3.8) is 0 Å². The maximum Gasteiger partial charge on any atom is 0.316 e. The molecule has 1 N–H and O–H groups in total. The highest BCUT2D eigenvalue weighted by Crippen LogP contribution is 2.28. The highest BCUT2D eigenvalue weighted by molar-refractivity contribution is 7.99. The molecule has 0 fully saturated rings. The number of anilines is 1. The Morgan fingerprint density at radius 3 is 2.62 bits per heavy atom. The van der Waals surface area contributed by atoms with Crippen LogP contribution in [0.3, 0.4) is 0 Å². The molecule has 4 rings (SSSR count).